The van der Waals surface area contributed by atoms with E-state index in [1.54, 1.807) is 24.3 Å². The van der Waals surface area contributed by atoms with Crippen molar-refractivity contribution in [3.63, 3.8) is 0 Å². The van der Waals surface area contributed by atoms with Crippen molar-refractivity contribution < 1.29 is 9.90 Å². The van der Waals surface area contributed by atoms with Gasteiger partial charge in [0.25, 0.3) is 5.91 Å². The largest absolute Gasteiger partial charge is 0.390 e. The summed E-state index contributed by atoms with van der Waals surface area (Å²) in [6.07, 6.45) is 4.26. The molecule has 3 rings (SSSR count). The zero-order valence-corrected chi connectivity index (χ0v) is 16.0. The summed E-state index contributed by atoms with van der Waals surface area (Å²) < 4.78 is 0. The number of benzene rings is 1. The summed E-state index contributed by atoms with van der Waals surface area (Å²) in [5.41, 5.74) is 13.1. The molecule has 0 bridgehead atoms. The van der Waals surface area contributed by atoms with Crippen molar-refractivity contribution in [1.82, 2.24) is 20.2 Å². The van der Waals surface area contributed by atoms with Crippen LogP contribution in [0.2, 0.25) is 0 Å². The lowest BCUT2D eigenvalue weighted by Gasteiger charge is -2.23. The van der Waals surface area contributed by atoms with Crippen molar-refractivity contribution in [2.75, 3.05) is 37.6 Å². The van der Waals surface area contributed by atoms with E-state index in [1.807, 2.05) is 6.07 Å². The highest BCUT2D eigenvalue weighted by molar-refractivity contribution is 5.95. The fourth-order valence-corrected chi connectivity index (χ4v) is 3.45. The molecule has 2 aromatic rings. The van der Waals surface area contributed by atoms with Crippen molar-refractivity contribution >= 4 is 17.7 Å². The van der Waals surface area contributed by atoms with Crippen LogP contribution in [0.1, 0.15) is 36.0 Å². The van der Waals surface area contributed by atoms with Crippen LogP contribution in [0.25, 0.3) is 11.3 Å². The molecule has 0 unspecified atom stereocenters. The van der Waals surface area contributed by atoms with Gasteiger partial charge in [-0.3, -0.25) is 4.79 Å². The molecular formula is C20H28N6O2. The van der Waals surface area contributed by atoms with Crippen molar-refractivity contribution in [2.24, 2.45) is 0 Å². The molecule has 28 heavy (non-hydrogen) atoms. The van der Waals surface area contributed by atoms with E-state index >= 15 is 0 Å². The highest BCUT2D eigenvalue weighted by Crippen LogP contribution is 2.20. The van der Waals surface area contributed by atoms with E-state index in [2.05, 4.69) is 20.2 Å². The van der Waals surface area contributed by atoms with Crippen LogP contribution in [0.5, 0.6) is 0 Å². The average molecular weight is 384 g/mol. The van der Waals surface area contributed by atoms with Gasteiger partial charge >= 0.3 is 0 Å². The SMILES string of the molecule is Nc1cc(-c2cccc(C(=O)NC[C@@H](O)CN3CCCCCC3)c2)nc(N)n1. The summed E-state index contributed by atoms with van der Waals surface area (Å²) in [5.74, 6) is 0.113. The third kappa shape index (κ3) is 5.64. The maximum absolute atomic E-state index is 12.5. The molecular weight excluding hydrogens is 356 g/mol. The second kappa shape index (κ2) is 9.48. The Labute approximate surface area is 165 Å². The average Bonchev–Trinajstić information content (AvgIpc) is 2.94. The Morgan fingerprint density at radius 2 is 1.89 bits per heavy atom. The number of rotatable bonds is 6. The quantitative estimate of drug-likeness (QED) is 0.590. The number of nitrogens with one attached hydrogen (secondary N) is 1. The van der Waals surface area contributed by atoms with Crippen LogP contribution in [0.4, 0.5) is 11.8 Å². The molecule has 6 N–H and O–H groups in total. The van der Waals surface area contributed by atoms with E-state index in [0.29, 0.717) is 17.8 Å². The Kier molecular flexibility index (Phi) is 6.78. The van der Waals surface area contributed by atoms with Gasteiger partial charge in [0, 0.05) is 30.3 Å². The number of nitrogens with zero attached hydrogens (tertiary/aromatic N) is 3. The summed E-state index contributed by atoms with van der Waals surface area (Å²) in [6, 6.07) is 8.64. The third-order valence-corrected chi connectivity index (χ3v) is 4.85. The number of aromatic nitrogens is 2. The normalized spacial score (nSPS) is 16.3. The Hall–Kier alpha value is -2.71. The smallest absolute Gasteiger partial charge is 0.251 e. The summed E-state index contributed by atoms with van der Waals surface area (Å²) in [5, 5.41) is 13.1. The molecule has 8 nitrogen and oxygen atoms in total. The minimum absolute atomic E-state index is 0.0847. The van der Waals surface area contributed by atoms with Gasteiger partial charge in [-0.25, -0.2) is 4.98 Å². The molecule has 0 aliphatic carbocycles. The first-order chi connectivity index (χ1) is 13.5. The number of hydrogen-bond acceptors (Lipinski definition) is 7. The molecule has 1 amide bonds. The molecule has 1 aromatic heterocycles. The van der Waals surface area contributed by atoms with E-state index in [9.17, 15) is 9.90 Å². The second-order valence-corrected chi connectivity index (χ2v) is 7.20. The number of nitrogen functional groups attached to an aromatic ring is 2. The first-order valence-electron chi connectivity index (χ1n) is 9.70. The number of nitrogens with two attached hydrogens (primary N) is 2. The number of carbonyl (C=O) groups is 1. The summed E-state index contributed by atoms with van der Waals surface area (Å²) in [7, 11) is 0. The van der Waals surface area contributed by atoms with E-state index in [4.69, 9.17) is 11.5 Å². The molecule has 0 spiro atoms. The van der Waals surface area contributed by atoms with Crippen molar-refractivity contribution in [2.45, 2.75) is 31.8 Å². The monoisotopic (exact) mass is 384 g/mol. The van der Waals surface area contributed by atoms with Crippen LogP contribution in [0.3, 0.4) is 0 Å². The predicted molar refractivity (Wildman–Crippen MR) is 110 cm³/mol. The molecule has 1 aliphatic rings. The summed E-state index contributed by atoms with van der Waals surface area (Å²) in [4.78, 5) is 22.8. The van der Waals surface area contributed by atoms with Crippen LogP contribution in [-0.4, -0.2) is 58.2 Å². The molecule has 8 heteroatoms. The number of carbonyl (C=O) groups excluding carboxylic acids is 1. The molecule has 0 radical (unpaired) electrons. The van der Waals surface area contributed by atoms with Crippen LogP contribution in [0.15, 0.2) is 30.3 Å². The zero-order chi connectivity index (χ0) is 19.9. The van der Waals surface area contributed by atoms with Crippen LogP contribution in [0, 0.1) is 0 Å². The molecule has 1 fully saturated rings. The van der Waals surface area contributed by atoms with E-state index in [1.165, 1.54) is 25.7 Å². The van der Waals surface area contributed by atoms with Crippen LogP contribution < -0.4 is 16.8 Å². The van der Waals surface area contributed by atoms with Gasteiger partial charge in [0.2, 0.25) is 5.95 Å². The van der Waals surface area contributed by atoms with Gasteiger partial charge in [-0.2, -0.15) is 4.98 Å². The van der Waals surface area contributed by atoms with Gasteiger partial charge < -0.3 is 26.8 Å². The molecule has 1 aromatic carbocycles. The Morgan fingerprint density at radius 1 is 1.14 bits per heavy atom. The first kappa shape index (κ1) is 20.0. The number of β-amino-alcohol motifs (C(OH)–C–C–N with tert-alkyl or cyclic N) is 1. The highest BCUT2D eigenvalue weighted by Gasteiger charge is 2.15. The molecule has 2 heterocycles. The number of aliphatic hydroxyl groups excluding tert-OH is 1. The second-order valence-electron chi connectivity index (χ2n) is 7.20. The number of amides is 1. The van der Waals surface area contributed by atoms with E-state index in [0.717, 1.165) is 18.7 Å². The van der Waals surface area contributed by atoms with Crippen molar-refractivity contribution in [3.05, 3.63) is 35.9 Å². The van der Waals surface area contributed by atoms with Gasteiger partial charge in [-0.05, 0) is 38.1 Å². The van der Waals surface area contributed by atoms with Crippen molar-refractivity contribution in [3.8, 4) is 11.3 Å². The highest BCUT2D eigenvalue weighted by atomic mass is 16.3. The molecule has 1 saturated heterocycles. The summed E-state index contributed by atoms with van der Waals surface area (Å²) >= 11 is 0. The molecule has 0 saturated carbocycles. The molecule has 1 aliphatic heterocycles. The zero-order valence-electron chi connectivity index (χ0n) is 16.0. The van der Waals surface area contributed by atoms with E-state index < -0.39 is 6.10 Å². The number of aliphatic hydroxyl groups is 1. The minimum Gasteiger partial charge on any atom is -0.390 e. The van der Waals surface area contributed by atoms with Crippen LogP contribution in [-0.2, 0) is 0 Å². The van der Waals surface area contributed by atoms with Gasteiger partial charge in [0.1, 0.15) is 5.82 Å². The topological polar surface area (TPSA) is 130 Å². The lowest BCUT2D eigenvalue weighted by molar-refractivity contribution is 0.0862. The maximum atomic E-state index is 12.5. The van der Waals surface area contributed by atoms with Gasteiger partial charge in [-0.1, -0.05) is 25.0 Å². The molecule has 1 atom stereocenters. The van der Waals surface area contributed by atoms with Gasteiger partial charge in [-0.15, -0.1) is 0 Å². The Bertz CT molecular complexity index is 785. The number of anilines is 2. The third-order valence-electron chi connectivity index (χ3n) is 4.85. The number of hydrogen-bond donors (Lipinski definition) is 4. The summed E-state index contributed by atoms with van der Waals surface area (Å²) in [6.45, 7) is 2.82. The van der Waals surface area contributed by atoms with Gasteiger partial charge in [0.15, 0.2) is 0 Å². The van der Waals surface area contributed by atoms with Crippen molar-refractivity contribution in [1.29, 1.82) is 0 Å². The fraction of sp³-hybridized carbons (Fsp3) is 0.450. The Morgan fingerprint density at radius 3 is 2.61 bits per heavy atom. The lowest BCUT2D eigenvalue weighted by atomic mass is 10.1. The fourth-order valence-electron chi connectivity index (χ4n) is 3.45. The van der Waals surface area contributed by atoms with Gasteiger partial charge in [0.05, 0.1) is 11.8 Å². The van der Waals surface area contributed by atoms with E-state index in [-0.39, 0.29) is 24.2 Å². The molecule has 150 valence electrons. The minimum atomic E-state index is -0.591. The first-order valence-corrected chi connectivity index (χ1v) is 9.70. The lowest BCUT2D eigenvalue weighted by Crippen LogP contribution is -2.40. The Balaban J connectivity index is 1.58. The maximum Gasteiger partial charge on any atom is 0.251 e. The predicted octanol–water partition coefficient (Wildman–Crippen LogP) is 1.27. The van der Waals surface area contributed by atoms with Crippen LogP contribution >= 0.6 is 0 Å². The number of likely N-dealkylation sites (tertiary alicyclic amines) is 1. The standard InChI is InChI=1S/C20H28N6O2/c21-18-11-17(24-20(22)25-18)14-6-5-7-15(10-14)19(28)23-12-16(27)13-26-8-3-1-2-4-9-26/h5-7,10-11,16,27H,1-4,8-9,12-13H2,(H,23,28)(H4,21,22,24,25)/t16-/m1/s1.